The zero-order valence-electron chi connectivity index (χ0n) is 8.22. The first-order valence-electron chi connectivity index (χ1n) is 4.66. The van der Waals surface area contributed by atoms with E-state index in [1.54, 1.807) is 0 Å². The van der Waals surface area contributed by atoms with Crippen LogP contribution in [0.2, 0.25) is 0 Å². The van der Waals surface area contributed by atoms with Gasteiger partial charge in [-0.1, -0.05) is 4.98 Å². The molecule has 7 heteroatoms. The SMILES string of the molecule is Nc1c[n+]([O-])c(N2CCOCC2)nc1N. The molecule has 7 nitrogen and oxygen atoms in total. The first-order valence-corrected chi connectivity index (χ1v) is 4.66. The second-order valence-corrected chi connectivity index (χ2v) is 3.31. The van der Waals surface area contributed by atoms with Crippen LogP contribution in [0.5, 0.6) is 0 Å². The van der Waals surface area contributed by atoms with E-state index in [2.05, 4.69) is 4.98 Å². The molecular weight excluding hydrogens is 198 g/mol. The topological polar surface area (TPSA) is 104 Å². The molecule has 0 bridgehead atoms. The molecule has 1 fully saturated rings. The molecule has 1 aromatic heterocycles. The lowest BCUT2D eigenvalue weighted by Gasteiger charge is -2.24. The maximum Gasteiger partial charge on any atom is 0.396 e. The first kappa shape index (κ1) is 9.78. The maximum absolute atomic E-state index is 11.5. The number of hydrogen-bond acceptors (Lipinski definition) is 6. The third-order valence-electron chi connectivity index (χ3n) is 2.26. The first-order chi connectivity index (χ1) is 7.18. The summed E-state index contributed by atoms with van der Waals surface area (Å²) in [5.74, 6) is 0.466. The fourth-order valence-electron chi connectivity index (χ4n) is 1.45. The summed E-state index contributed by atoms with van der Waals surface area (Å²) in [5.41, 5.74) is 11.2. The van der Waals surface area contributed by atoms with E-state index in [-0.39, 0.29) is 17.5 Å². The molecule has 0 radical (unpaired) electrons. The lowest BCUT2D eigenvalue weighted by atomic mass is 10.4. The molecule has 0 saturated carbocycles. The van der Waals surface area contributed by atoms with E-state index in [1.165, 1.54) is 6.20 Å². The minimum absolute atomic E-state index is 0.184. The lowest BCUT2D eigenvalue weighted by Crippen LogP contribution is -2.45. The van der Waals surface area contributed by atoms with Crippen LogP contribution in [0.15, 0.2) is 6.20 Å². The summed E-state index contributed by atoms with van der Waals surface area (Å²) < 4.78 is 5.81. The van der Waals surface area contributed by atoms with Crippen LogP contribution in [0, 0.1) is 5.21 Å². The molecule has 1 aliphatic rings. The Labute approximate surface area is 86.8 Å². The van der Waals surface area contributed by atoms with E-state index in [4.69, 9.17) is 16.2 Å². The van der Waals surface area contributed by atoms with Gasteiger partial charge in [0.2, 0.25) is 5.82 Å². The number of aromatic nitrogens is 2. The Morgan fingerprint density at radius 1 is 1.40 bits per heavy atom. The Morgan fingerprint density at radius 2 is 2.07 bits per heavy atom. The predicted octanol–water partition coefficient (Wildman–Crippen LogP) is -1.28. The number of rotatable bonds is 1. The Balaban J connectivity index is 2.30. The van der Waals surface area contributed by atoms with Gasteiger partial charge in [-0.2, -0.15) is 0 Å². The fraction of sp³-hybridized carbons (Fsp3) is 0.500. The smallest absolute Gasteiger partial charge is 0.396 e. The molecule has 1 aliphatic heterocycles. The molecule has 1 aromatic rings. The second-order valence-electron chi connectivity index (χ2n) is 3.31. The Hall–Kier alpha value is -1.76. The van der Waals surface area contributed by atoms with E-state index in [0.717, 1.165) is 0 Å². The summed E-state index contributed by atoms with van der Waals surface area (Å²) in [6.07, 6.45) is 1.23. The van der Waals surface area contributed by atoms with Crippen molar-refractivity contribution < 1.29 is 9.47 Å². The Kier molecular flexibility index (Phi) is 2.46. The van der Waals surface area contributed by atoms with Crippen LogP contribution in [0.25, 0.3) is 0 Å². The summed E-state index contributed by atoms with van der Waals surface area (Å²) in [5, 5.41) is 11.5. The average Bonchev–Trinajstić information content (AvgIpc) is 2.25. The lowest BCUT2D eigenvalue weighted by molar-refractivity contribution is -0.594. The standard InChI is InChI=1S/C8H13N5O2/c9-6-5-13(14)8(11-7(6)10)12-1-3-15-4-2-12/h5H,1-4,9H2,(H2,10,11). The molecule has 0 aliphatic carbocycles. The highest BCUT2D eigenvalue weighted by Crippen LogP contribution is 2.13. The monoisotopic (exact) mass is 211 g/mol. The number of nitrogens with two attached hydrogens (primary N) is 2. The van der Waals surface area contributed by atoms with Crippen LogP contribution in [-0.2, 0) is 4.74 Å². The van der Waals surface area contributed by atoms with Crippen molar-refractivity contribution in [1.29, 1.82) is 0 Å². The Morgan fingerprint density at radius 3 is 2.73 bits per heavy atom. The van der Waals surface area contributed by atoms with Crippen molar-refractivity contribution in [3.8, 4) is 0 Å². The van der Waals surface area contributed by atoms with E-state index in [9.17, 15) is 5.21 Å². The third kappa shape index (κ3) is 1.86. The highest BCUT2D eigenvalue weighted by Gasteiger charge is 2.22. The molecule has 15 heavy (non-hydrogen) atoms. The van der Waals surface area contributed by atoms with Crippen LogP contribution >= 0.6 is 0 Å². The highest BCUT2D eigenvalue weighted by molar-refractivity contribution is 5.56. The Bertz CT molecular complexity index is 364. The van der Waals surface area contributed by atoms with Crippen LogP contribution < -0.4 is 21.1 Å². The van der Waals surface area contributed by atoms with E-state index in [0.29, 0.717) is 31.0 Å². The zero-order valence-corrected chi connectivity index (χ0v) is 8.22. The zero-order chi connectivity index (χ0) is 10.8. The molecule has 0 spiro atoms. The van der Waals surface area contributed by atoms with Gasteiger partial charge in [0.15, 0.2) is 0 Å². The van der Waals surface area contributed by atoms with Gasteiger partial charge in [0, 0.05) is 0 Å². The number of morpholine rings is 1. The summed E-state index contributed by atoms with van der Waals surface area (Å²) in [7, 11) is 0. The summed E-state index contributed by atoms with van der Waals surface area (Å²) >= 11 is 0. The second kappa shape index (κ2) is 3.77. The summed E-state index contributed by atoms with van der Waals surface area (Å²) in [6, 6.07) is 0. The molecule has 1 saturated heterocycles. The summed E-state index contributed by atoms with van der Waals surface area (Å²) in [4.78, 5) is 5.80. The molecule has 0 atom stereocenters. The van der Waals surface area contributed by atoms with Crippen molar-refractivity contribution in [3.63, 3.8) is 0 Å². The molecule has 4 N–H and O–H groups in total. The molecule has 2 rings (SSSR count). The van der Waals surface area contributed by atoms with Gasteiger partial charge in [-0.25, -0.2) is 4.73 Å². The molecular formula is C8H13N5O2. The predicted molar refractivity (Wildman–Crippen MR) is 55.1 cm³/mol. The number of nitrogen functional groups attached to an aromatic ring is 2. The highest BCUT2D eigenvalue weighted by atomic mass is 16.5. The quantitative estimate of drug-likeness (QED) is 0.442. The van der Waals surface area contributed by atoms with Crippen LogP contribution in [0.4, 0.5) is 17.5 Å². The molecule has 2 heterocycles. The largest absolute Gasteiger partial charge is 0.740 e. The van der Waals surface area contributed by atoms with Crippen LogP contribution in [0.3, 0.4) is 0 Å². The molecule has 0 aromatic carbocycles. The van der Waals surface area contributed by atoms with Gasteiger partial charge in [-0.05, 0) is 0 Å². The van der Waals surface area contributed by atoms with E-state index >= 15 is 0 Å². The van der Waals surface area contributed by atoms with Gasteiger partial charge in [-0.3, -0.25) is 4.90 Å². The number of hydrogen-bond donors (Lipinski definition) is 2. The summed E-state index contributed by atoms with van der Waals surface area (Å²) in [6.45, 7) is 2.45. The van der Waals surface area contributed by atoms with Gasteiger partial charge in [-0.15, -0.1) is 0 Å². The van der Waals surface area contributed by atoms with Gasteiger partial charge < -0.3 is 21.4 Å². The minimum atomic E-state index is 0.184. The van der Waals surface area contributed by atoms with Gasteiger partial charge >= 0.3 is 5.95 Å². The van der Waals surface area contributed by atoms with Crippen molar-refractivity contribution in [2.75, 3.05) is 42.7 Å². The van der Waals surface area contributed by atoms with Crippen LogP contribution in [-0.4, -0.2) is 31.3 Å². The third-order valence-corrected chi connectivity index (χ3v) is 2.26. The van der Waals surface area contributed by atoms with Gasteiger partial charge in [0.25, 0.3) is 0 Å². The minimum Gasteiger partial charge on any atom is -0.740 e. The molecule has 0 amide bonds. The number of nitrogens with zero attached hydrogens (tertiary/aromatic N) is 3. The maximum atomic E-state index is 11.5. The number of ether oxygens (including phenoxy) is 1. The van der Waals surface area contributed by atoms with E-state index < -0.39 is 0 Å². The van der Waals surface area contributed by atoms with E-state index in [1.807, 2.05) is 4.90 Å². The molecule has 0 unspecified atom stereocenters. The molecule has 82 valence electrons. The van der Waals surface area contributed by atoms with Crippen molar-refractivity contribution >= 4 is 17.5 Å². The van der Waals surface area contributed by atoms with Gasteiger partial charge in [0.05, 0.1) is 32.5 Å². The van der Waals surface area contributed by atoms with Crippen LogP contribution in [0.1, 0.15) is 0 Å². The van der Waals surface area contributed by atoms with Crippen molar-refractivity contribution in [2.45, 2.75) is 0 Å². The van der Waals surface area contributed by atoms with Crippen molar-refractivity contribution in [1.82, 2.24) is 4.98 Å². The average molecular weight is 211 g/mol. The fourth-order valence-corrected chi connectivity index (χ4v) is 1.45. The number of anilines is 3. The van der Waals surface area contributed by atoms with Crippen molar-refractivity contribution in [3.05, 3.63) is 11.4 Å². The normalized spacial score (nSPS) is 16.7. The van der Waals surface area contributed by atoms with Gasteiger partial charge in [0.1, 0.15) is 5.69 Å². The van der Waals surface area contributed by atoms with Crippen molar-refractivity contribution in [2.24, 2.45) is 0 Å².